The maximum Gasteiger partial charge on any atom is 0.273 e. The molecule has 1 saturated heterocycles. The van der Waals surface area contributed by atoms with Crippen molar-refractivity contribution >= 4 is 5.91 Å². The lowest BCUT2D eigenvalue weighted by atomic mass is 10.2. The third-order valence-electron chi connectivity index (χ3n) is 3.07. The summed E-state index contributed by atoms with van der Waals surface area (Å²) in [5.41, 5.74) is 0.347. The van der Waals surface area contributed by atoms with Crippen LogP contribution in [0.4, 0.5) is 0 Å². The number of nitrogens with one attached hydrogen (secondary N) is 2. The number of oxazole rings is 1. The lowest BCUT2D eigenvalue weighted by molar-refractivity contribution is 0.0939. The Labute approximate surface area is 112 Å². The number of carbonyl (C=O) groups is 1. The van der Waals surface area contributed by atoms with E-state index < -0.39 is 0 Å². The summed E-state index contributed by atoms with van der Waals surface area (Å²) in [4.78, 5) is 16.0. The summed E-state index contributed by atoms with van der Waals surface area (Å²) in [7, 11) is 0. The van der Waals surface area contributed by atoms with Crippen molar-refractivity contribution in [2.45, 2.75) is 32.2 Å². The Morgan fingerprint density at radius 3 is 3.32 bits per heavy atom. The largest absolute Gasteiger partial charge is 0.446 e. The molecule has 0 spiro atoms. The number of carbonyl (C=O) groups excluding carboxylic acids is 1. The van der Waals surface area contributed by atoms with E-state index in [4.69, 9.17) is 9.15 Å². The highest BCUT2D eigenvalue weighted by Crippen LogP contribution is 2.21. The van der Waals surface area contributed by atoms with Crippen molar-refractivity contribution in [3.8, 4) is 0 Å². The number of hydrogen-bond acceptors (Lipinski definition) is 5. The van der Waals surface area contributed by atoms with Crippen LogP contribution in [0.25, 0.3) is 0 Å². The second-order valence-electron chi connectivity index (χ2n) is 4.53. The Bertz CT molecular complexity index is 400. The SMILES string of the molecule is CCOCCCNC(=O)c1coc(C2CCCN2)n1. The van der Waals surface area contributed by atoms with Gasteiger partial charge in [-0.15, -0.1) is 0 Å². The molecule has 0 aromatic carbocycles. The highest BCUT2D eigenvalue weighted by molar-refractivity contribution is 5.91. The maximum atomic E-state index is 11.8. The van der Waals surface area contributed by atoms with Gasteiger partial charge in [-0.3, -0.25) is 4.79 Å². The molecule has 106 valence electrons. The number of nitrogens with zero attached hydrogens (tertiary/aromatic N) is 1. The fourth-order valence-electron chi connectivity index (χ4n) is 2.06. The molecule has 19 heavy (non-hydrogen) atoms. The molecule has 0 aliphatic carbocycles. The minimum Gasteiger partial charge on any atom is -0.446 e. The van der Waals surface area contributed by atoms with Crippen molar-refractivity contribution < 1.29 is 13.9 Å². The minimum atomic E-state index is -0.190. The first-order chi connectivity index (χ1) is 9.31. The molecular formula is C13H21N3O3. The lowest BCUT2D eigenvalue weighted by Gasteiger charge is -2.04. The molecule has 1 aliphatic rings. The summed E-state index contributed by atoms with van der Waals surface area (Å²) in [5.74, 6) is 0.418. The van der Waals surface area contributed by atoms with Gasteiger partial charge in [0.15, 0.2) is 5.69 Å². The highest BCUT2D eigenvalue weighted by Gasteiger charge is 2.22. The molecule has 1 unspecified atom stereocenters. The van der Waals surface area contributed by atoms with E-state index in [1.54, 1.807) is 0 Å². The van der Waals surface area contributed by atoms with E-state index in [0.29, 0.717) is 31.3 Å². The molecule has 2 rings (SSSR count). The molecule has 0 saturated carbocycles. The monoisotopic (exact) mass is 267 g/mol. The van der Waals surface area contributed by atoms with Gasteiger partial charge >= 0.3 is 0 Å². The van der Waals surface area contributed by atoms with Crippen molar-refractivity contribution in [2.24, 2.45) is 0 Å². The number of hydrogen-bond donors (Lipinski definition) is 2. The van der Waals surface area contributed by atoms with Crippen LogP contribution in [0, 0.1) is 0 Å². The smallest absolute Gasteiger partial charge is 0.273 e. The summed E-state index contributed by atoms with van der Waals surface area (Å²) in [5, 5.41) is 6.09. The van der Waals surface area contributed by atoms with E-state index in [1.165, 1.54) is 6.26 Å². The van der Waals surface area contributed by atoms with Crippen LogP contribution in [0.3, 0.4) is 0 Å². The van der Waals surface area contributed by atoms with Crippen LogP contribution < -0.4 is 10.6 Å². The van der Waals surface area contributed by atoms with Gasteiger partial charge in [-0.25, -0.2) is 4.98 Å². The van der Waals surface area contributed by atoms with Crippen LogP contribution in [0.5, 0.6) is 0 Å². The Morgan fingerprint density at radius 1 is 1.68 bits per heavy atom. The zero-order valence-corrected chi connectivity index (χ0v) is 11.3. The third kappa shape index (κ3) is 4.04. The molecule has 1 amide bonds. The second kappa shape index (κ2) is 7.25. The lowest BCUT2D eigenvalue weighted by Crippen LogP contribution is -2.25. The summed E-state index contributed by atoms with van der Waals surface area (Å²) in [6.07, 6.45) is 4.35. The van der Waals surface area contributed by atoms with E-state index in [9.17, 15) is 4.79 Å². The summed E-state index contributed by atoms with van der Waals surface area (Å²) >= 11 is 0. The number of aromatic nitrogens is 1. The van der Waals surface area contributed by atoms with Crippen molar-refractivity contribution in [1.82, 2.24) is 15.6 Å². The van der Waals surface area contributed by atoms with Crippen molar-refractivity contribution in [3.63, 3.8) is 0 Å². The third-order valence-corrected chi connectivity index (χ3v) is 3.07. The van der Waals surface area contributed by atoms with Gasteiger partial charge in [0, 0.05) is 19.8 Å². The number of ether oxygens (including phenoxy) is 1. The second-order valence-corrected chi connectivity index (χ2v) is 4.53. The Kier molecular flexibility index (Phi) is 5.35. The van der Waals surface area contributed by atoms with Gasteiger partial charge in [0.2, 0.25) is 5.89 Å². The maximum absolute atomic E-state index is 11.8. The average Bonchev–Trinajstić information content (AvgIpc) is 3.08. The molecule has 1 aliphatic heterocycles. The van der Waals surface area contributed by atoms with Gasteiger partial charge in [0.25, 0.3) is 5.91 Å². The van der Waals surface area contributed by atoms with Gasteiger partial charge in [-0.2, -0.15) is 0 Å². The molecule has 1 fully saturated rings. The van der Waals surface area contributed by atoms with Crippen LogP contribution >= 0.6 is 0 Å². The molecule has 0 bridgehead atoms. The van der Waals surface area contributed by atoms with Crippen LogP contribution in [-0.4, -0.2) is 37.2 Å². The van der Waals surface area contributed by atoms with Gasteiger partial charge in [-0.05, 0) is 32.7 Å². The minimum absolute atomic E-state index is 0.152. The van der Waals surface area contributed by atoms with Crippen molar-refractivity contribution in [1.29, 1.82) is 0 Å². The number of amides is 1. The molecule has 1 aromatic heterocycles. The molecule has 6 nitrogen and oxygen atoms in total. The van der Waals surface area contributed by atoms with E-state index in [2.05, 4.69) is 15.6 Å². The first kappa shape index (κ1) is 14.0. The molecule has 2 N–H and O–H groups in total. The molecule has 0 radical (unpaired) electrons. The van der Waals surface area contributed by atoms with E-state index >= 15 is 0 Å². The summed E-state index contributed by atoms with van der Waals surface area (Å²) in [6.45, 7) is 4.88. The highest BCUT2D eigenvalue weighted by atomic mass is 16.5. The standard InChI is InChI=1S/C13H21N3O3/c1-2-18-8-4-7-15-12(17)11-9-19-13(16-11)10-5-3-6-14-10/h9-10,14H,2-8H2,1H3,(H,15,17). The molecule has 1 atom stereocenters. The summed E-state index contributed by atoms with van der Waals surface area (Å²) < 4.78 is 10.6. The first-order valence-electron chi connectivity index (χ1n) is 6.86. The van der Waals surface area contributed by atoms with Gasteiger partial charge < -0.3 is 19.8 Å². The van der Waals surface area contributed by atoms with E-state index in [0.717, 1.165) is 25.8 Å². The van der Waals surface area contributed by atoms with E-state index in [1.807, 2.05) is 6.92 Å². The fraction of sp³-hybridized carbons (Fsp3) is 0.692. The van der Waals surface area contributed by atoms with Crippen LogP contribution in [0.15, 0.2) is 10.7 Å². The molecular weight excluding hydrogens is 246 g/mol. The van der Waals surface area contributed by atoms with Crippen molar-refractivity contribution in [2.75, 3.05) is 26.3 Å². The fourth-order valence-corrected chi connectivity index (χ4v) is 2.06. The Hall–Kier alpha value is -1.40. The van der Waals surface area contributed by atoms with Crippen LogP contribution in [0.1, 0.15) is 48.6 Å². The normalized spacial score (nSPS) is 18.7. The average molecular weight is 267 g/mol. The van der Waals surface area contributed by atoms with Crippen LogP contribution in [0.2, 0.25) is 0 Å². The Morgan fingerprint density at radius 2 is 2.58 bits per heavy atom. The topological polar surface area (TPSA) is 76.4 Å². The zero-order valence-electron chi connectivity index (χ0n) is 11.3. The van der Waals surface area contributed by atoms with Crippen LogP contribution in [-0.2, 0) is 4.74 Å². The van der Waals surface area contributed by atoms with Gasteiger partial charge in [0.05, 0.1) is 6.04 Å². The van der Waals surface area contributed by atoms with Gasteiger partial charge in [0.1, 0.15) is 6.26 Å². The summed E-state index contributed by atoms with van der Waals surface area (Å²) in [6, 6.07) is 0.152. The van der Waals surface area contributed by atoms with Crippen molar-refractivity contribution in [3.05, 3.63) is 17.8 Å². The zero-order chi connectivity index (χ0) is 13.5. The molecule has 6 heteroatoms. The van der Waals surface area contributed by atoms with Gasteiger partial charge in [-0.1, -0.05) is 0 Å². The Balaban J connectivity index is 1.76. The predicted molar refractivity (Wildman–Crippen MR) is 69.9 cm³/mol. The molecule has 1 aromatic rings. The predicted octanol–water partition coefficient (Wildman–Crippen LogP) is 1.26. The molecule has 2 heterocycles. The van der Waals surface area contributed by atoms with E-state index in [-0.39, 0.29) is 11.9 Å². The quantitative estimate of drug-likeness (QED) is 0.727. The first-order valence-corrected chi connectivity index (χ1v) is 6.86. The number of rotatable bonds is 7.